The van der Waals surface area contributed by atoms with Gasteiger partial charge < -0.3 is 4.42 Å². The molecule has 0 aliphatic heterocycles. The smallest absolute Gasteiger partial charge is 0.432 e. The Kier molecular flexibility index (Phi) is 4.37. The number of halogens is 3. The van der Waals surface area contributed by atoms with E-state index in [-0.39, 0.29) is 21.9 Å². The third-order valence-electron chi connectivity index (χ3n) is 3.70. The van der Waals surface area contributed by atoms with Gasteiger partial charge in [-0.05, 0) is 24.6 Å². The summed E-state index contributed by atoms with van der Waals surface area (Å²) >= 11 is 0. The van der Waals surface area contributed by atoms with Gasteiger partial charge in [0.25, 0.3) is 0 Å². The van der Waals surface area contributed by atoms with E-state index in [0.717, 1.165) is 0 Å². The van der Waals surface area contributed by atoms with Gasteiger partial charge in [-0.25, -0.2) is 18.5 Å². The van der Waals surface area contributed by atoms with Crippen LogP contribution in [0.1, 0.15) is 11.5 Å². The highest BCUT2D eigenvalue weighted by molar-refractivity contribution is 7.89. The van der Waals surface area contributed by atoms with Crippen molar-refractivity contribution < 1.29 is 26.0 Å². The van der Waals surface area contributed by atoms with Crippen LogP contribution in [0.2, 0.25) is 0 Å². The number of nitrogens with two attached hydrogens (primary N) is 1. The van der Waals surface area contributed by atoms with Gasteiger partial charge in [0.15, 0.2) is 5.76 Å². The van der Waals surface area contributed by atoms with Gasteiger partial charge in [-0.1, -0.05) is 36.4 Å². The average Bonchev–Trinajstić information content (AvgIpc) is 3.00. The van der Waals surface area contributed by atoms with Crippen molar-refractivity contribution >= 4 is 10.0 Å². The zero-order valence-electron chi connectivity index (χ0n) is 13.4. The number of nitrogens with zero attached hydrogens (tertiary/aromatic N) is 1. The molecule has 2 aromatic carbocycles. The number of aryl methyl sites for hydroxylation is 1. The highest BCUT2D eigenvalue weighted by Gasteiger charge is 2.39. The Morgan fingerprint density at radius 3 is 2.31 bits per heavy atom. The van der Waals surface area contributed by atoms with Crippen molar-refractivity contribution in [3.05, 3.63) is 60.0 Å². The number of alkyl halides is 3. The Labute approximate surface area is 147 Å². The monoisotopic (exact) mass is 382 g/mol. The van der Waals surface area contributed by atoms with Crippen molar-refractivity contribution in [1.82, 2.24) is 4.98 Å². The molecule has 0 amide bonds. The molecule has 0 aliphatic rings. The lowest BCUT2D eigenvalue weighted by Crippen LogP contribution is -2.12. The minimum atomic E-state index is -4.78. The first-order valence-electron chi connectivity index (χ1n) is 7.34. The number of benzene rings is 2. The fourth-order valence-corrected chi connectivity index (χ4v) is 2.98. The fraction of sp³-hybridized carbons (Fsp3) is 0.118. The van der Waals surface area contributed by atoms with Gasteiger partial charge in [0.2, 0.25) is 10.0 Å². The lowest BCUT2D eigenvalue weighted by Gasteiger charge is -2.07. The zero-order valence-corrected chi connectivity index (χ0v) is 14.2. The molecular formula is C17H13F3N2O3S. The Balaban J connectivity index is 2.30. The molecular weight excluding hydrogens is 369 g/mol. The summed E-state index contributed by atoms with van der Waals surface area (Å²) in [5.41, 5.74) is 1.05. The molecule has 3 rings (SSSR count). The van der Waals surface area contributed by atoms with Gasteiger partial charge >= 0.3 is 12.1 Å². The standard InChI is InChI=1S/C17H13F3N2O3S/c1-10-7-8-12(26(21,23)24)9-13(10)15-14(11-5-3-2-4-6-11)22-16(25-15)17(18,19)20/h2-9H,1H3,(H2,21,23,24). The average molecular weight is 382 g/mol. The summed E-state index contributed by atoms with van der Waals surface area (Å²) in [7, 11) is -4.03. The lowest BCUT2D eigenvalue weighted by molar-refractivity contribution is -0.156. The molecule has 0 radical (unpaired) electrons. The van der Waals surface area contributed by atoms with E-state index >= 15 is 0 Å². The molecule has 26 heavy (non-hydrogen) atoms. The summed E-state index contributed by atoms with van der Waals surface area (Å²) in [4.78, 5) is 3.35. The van der Waals surface area contributed by atoms with E-state index in [4.69, 9.17) is 9.56 Å². The quantitative estimate of drug-likeness (QED) is 0.742. The lowest BCUT2D eigenvalue weighted by atomic mass is 10.0. The molecule has 0 aliphatic carbocycles. The SMILES string of the molecule is Cc1ccc(S(N)(=O)=O)cc1-c1oc(C(F)(F)F)nc1-c1ccccc1. The molecule has 0 saturated heterocycles. The molecule has 2 N–H and O–H groups in total. The number of oxazole rings is 1. The molecule has 0 bridgehead atoms. The van der Waals surface area contributed by atoms with Crippen molar-refractivity contribution in [1.29, 1.82) is 0 Å². The molecule has 9 heteroatoms. The van der Waals surface area contributed by atoms with Gasteiger partial charge in [0, 0.05) is 11.1 Å². The van der Waals surface area contributed by atoms with E-state index < -0.39 is 22.1 Å². The van der Waals surface area contributed by atoms with E-state index in [0.29, 0.717) is 11.1 Å². The summed E-state index contributed by atoms with van der Waals surface area (Å²) in [5.74, 6) is -1.58. The maximum absolute atomic E-state index is 13.1. The number of primary sulfonamides is 1. The third-order valence-corrected chi connectivity index (χ3v) is 4.61. The van der Waals surface area contributed by atoms with Crippen LogP contribution in [0, 0.1) is 6.92 Å². The van der Waals surface area contributed by atoms with Gasteiger partial charge in [0.1, 0.15) is 5.69 Å². The van der Waals surface area contributed by atoms with E-state index in [1.54, 1.807) is 37.3 Å². The van der Waals surface area contributed by atoms with Gasteiger partial charge in [-0.3, -0.25) is 0 Å². The normalized spacial score (nSPS) is 12.3. The molecule has 136 valence electrons. The highest BCUT2D eigenvalue weighted by atomic mass is 32.2. The highest BCUT2D eigenvalue weighted by Crippen LogP contribution is 2.39. The Morgan fingerprint density at radius 1 is 1.08 bits per heavy atom. The minimum absolute atomic E-state index is 0.0346. The number of sulfonamides is 1. The fourth-order valence-electron chi connectivity index (χ4n) is 2.44. The molecule has 0 spiro atoms. The van der Waals surface area contributed by atoms with Gasteiger partial charge in [0.05, 0.1) is 4.90 Å². The second-order valence-electron chi connectivity index (χ2n) is 5.58. The Morgan fingerprint density at radius 2 is 1.73 bits per heavy atom. The van der Waals surface area contributed by atoms with Crippen LogP contribution in [0.5, 0.6) is 0 Å². The Bertz CT molecular complexity index is 1060. The maximum atomic E-state index is 13.1. The summed E-state index contributed by atoms with van der Waals surface area (Å²) in [6.07, 6.45) is -4.78. The molecule has 3 aromatic rings. The third kappa shape index (κ3) is 3.49. The van der Waals surface area contributed by atoms with Crippen molar-refractivity contribution in [2.24, 2.45) is 5.14 Å². The largest absolute Gasteiger partial charge is 0.468 e. The second kappa shape index (κ2) is 6.26. The van der Waals surface area contributed by atoms with E-state index in [1.165, 1.54) is 18.2 Å². The second-order valence-corrected chi connectivity index (χ2v) is 7.14. The van der Waals surface area contributed by atoms with Crippen molar-refractivity contribution in [2.75, 3.05) is 0 Å². The molecule has 1 aromatic heterocycles. The minimum Gasteiger partial charge on any atom is -0.432 e. The first kappa shape index (κ1) is 18.2. The summed E-state index contributed by atoms with van der Waals surface area (Å²) in [6, 6.07) is 12.1. The van der Waals surface area contributed by atoms with Crippen LogP contribution in [-0.2, 0) is 16.2 Å². The Hall–Kier alpha value is -2.65. The van der Waals surface area contributed by atoms with Crippen LogP contribution in [0.15, 0.2) is 57.8 Å². The molecule has 0 fully saturated rings. The van der Waals surface area contributed by atoms with Crippen LogP contribution >= 0.6 is 0 Å². The van der Waals surface area contributed by atoms with Gasteiger partial charge in [-0.2, -0.15) is 13.2 Å². The van der Waals surface area contributed by atoms with E-state index in [9.17, 15) is 21.6 Å². The summed E-state index contributed by atoms with van der Waals surface area (Å²) < 4.78 is 67.5. The number of hydrogen-bond acceptors (Lipinski definition) is 4. The van der Waals surface area contributed by atoms with E-state index in [2.05, 4.69) is 4.98 Å². The molecule has 5 nitrogen and oxygen atoms in total. The predicted molar refractivity (Wildman–Crippen MR) is 88.5 cm³/mol. The van der Waals surface area contributed by atoms with Crippen molar-refractivity contribution in [3.8, 4) is 22.6 Å². The summed E-state index contributed by atoms with van der Waals surface area (Å²) in [5, 5.41) is 5.12. The number of hydrogen-bond donors (Lipinski definition) is 1. The van der Waals surface area contributed by atoms with Crippen molar-refractivity contribution in [3.63, 3.8) is 0 Å². The molecule has 1 heterocycles. The molecule has 0 atom stereocenters. The topological polar surface area (TPSA) is 86.2 Å². The first-order chi connectivity index (χ1) is 12.1. The summed E-state index contributed by atoms with van der Waals surface area (Å²) in [6.45, 7) is 1.62. The van der Waals surface area contributed by atoms with Crippen molar-refractivity contribution in [2.45, 2.75) is 18.0 Å². The van der Waals surface area contributed by atoms with Crippen LogP contribution in [0.25, 0.3) is 22.6 Å². The number of aromatic nitrogens is 1. The first-order valence-corrected chi connectivity index (χ1v) is 8.89. The van der Waals surface area contributed by atoms with E-state index in [1.807, 2.05) is 0 Å². The molecule has 0 unspecified atom stereocenters. The van der Waals surface area contributed by atoms with Gasteiger partial charge in [-0.15, -0.1) is 0 Å². The molecule has 0 saturated carbocycles. The zero-order chi connectivity index (χ0) is 19.1. The van der Waals surface area contributed by atoms with Crippen LogP contribution < -0.4 is 5.14 Å². The predicted octanol–water partition coefficient (Wildman–Crippen LogP) is 3.98. The maximum Gasteiger partial charge on any atom is 0.468 e. The number of rotatable bonds is 3. The van der Waals surface area contributed by atoms with Crippen LogP contribution in [0.3, 0.4) is 0 Å². The van der Waals surface area contributed by atoms with Crippen LogP contribution in [-0.4, -0.2) is 13.4 Å². The van der Waals surface area contributed by atoms with Crippen LogP contribution in [0.4, 0.5) is 13.2 Å².